The van der Waals surface area contributed by atoms with Crippen LogP contribution in [0.4, 0.5) is 14.6 Å². The monoisotopic (exact) mass is 528 g/mol. The molecule has 6 heterocycles. The van der Waals surface area contributed by atoms with E-state index in [1.165, 1.54) is 6.07 Å². The Morgan fingerprint density at radius 2 is 1.92 bits per heavy atom. The highest BCUT2D eigenvalue weighted by molar-refractivity contribution is 5.92. The molecule has 1 saturated carbocycles. The van der Waals surface area contributed by atoms with Gasteiger partial charge in [-0.25, -0.2) is 18.7 Å². The second-order valence-electron chi connectivity index (χ2n) is 11.8. The molecule has 4 saturated heterocycles. The average Bonchev–Trinajstić information content (AvgIpc) is 3.23. The highest BCUT2D eigenvalue weighted by Crippen LogP contribution is 2.47. The molecule has 5 fully saturated rings. The molecule has 0 spiro atoms. The van der Waals surface area contributed by atoms with Gasteiger partial charge in [-0.2, -0.15) is 0 Å². The van der Waals surface area contributed by atoms with Gasteiger partial charge in [-0.1, -0.05) is 5.92 Å². The largest absolute Gasteiger partial charge is 0.508 e. The van der Waals surface area contributed by atoms with Crippen LogP contribution in [0.1, 0.15) is 62.3 Å². The summed E-state index contributed by atoms with van der Waals surface area (Å²) in [4.78, 5) is 18.7. The van der Waals surface area contributed by atoms with Crippen molar-refractivity contribution < 1.29 is 13.9 Å². The van der Waals surface area contributed by atoms with Gasteiger partial charge in [0.05, 0.1) is 10.9 Å². The molecule has 2 atom stereocenters. The maximum absolute atomic E-state index is 16.4. The smallest absolute Gasteiger partial charge is 0.207 e. The molecule has 4 aliphatic heterocycles. The van der Waals surface area contributed by atoms with E-state index in [9.17, 15) is 9.50 Å². The van der Waals surface area contributed by atoms with Crippen molar-refractivity contribution in [3.8, 4) is 28.8 Å². The molecule has 3 aromatic rings. The van der Waals surface area contributed by atoms with E-state index in [1.807, 2.05) is 0 Å². The number of pyridine rings is 1. The number of aromatic hydroxyl groups is 1. The molecule has 0 unspecified atom stereocenters. The summed E-state index contributed by atoms with van der Waals surface area (Å²) in [5.41, 5.74) is 0.719. The number of phenols is 1. The lowest BCUT2D eigenvalue weighted by molar-refractivity contribution is 0.261. The lowest BCUT2D eigenvalue weighted by Gasteiger charge is -2.29. The highest BCUT2D eigenvalue weighted by atomic mass is 19.1. The van der Waals surface area contributed by atoms with Gasteiger partial charge in [-0.15, -0.1) is 0 Å². The molecule has 5 aliphatic rings. The van der Waals surface area contributed by atoms with Crippen molar-refractivity contribution in [3.63, 3.8) is 0 Å². The molecule has 2 N–H and O–H groups in total. The number of halogens is 2. The molecule has 0 amide bonds. The highest BCUT2D eigenvalue weighted by Gasteiger charge is 2.43. The number of anilines is 1. The Hall–Kier alpha value is -3.35. The van der Waals surface area contributed by atoms with E-state index in [0.29, 0.717) is 28.6 Å². The normalized spacial score (nSPS) is 25.3. The van der Waals surface area contributed by atoms with E-state index < -0.39 is 11.6 Å². The molecule has 8 rings (SSSR count). The summed E-state index contributed by atoms with van der Waals surface area (Å²) in [5.74, 6) is 6.32. The number of fused-ring (bicyclic) bond motifs is 4. The zero-order valence-corrected chi connectivity index (χ0v) is 21.7. The number of nitrogens with one attached hydrogen (secondary N) is 1. The lowest BCUT2D eigenvalue weighted by atomic mass is 9.95. The number of phenolic OH excluding ortho intramolecular Hbond substituents is 1. The zero-order valence-electron chi connectivity index (χ0n) is 21.7. The van der Waals surface area contributed by atoms with Crippen molar-refractivity contribution in [2.75, 3.05) is 31.1 Å². The molecule has 2 aromatic heterocycles. The van der Waals surface area contributed by atoms with Gasteiger partial charge < -0.3 is 15.3 Å². The Labute approximate surface area is 225 Å². The average molecular weight is 529 g/mol. The molecular formula is C30H30F2N6O. The van der Waals surface area contributed by atoms with Crippen molar-refractivity contribution >= 4 is 16.7 Å². The van der Waals surface area contributed by atoms with Crippen LogP contribution in [0.3, 0.4) is 0 Å². The van der Waals surface area contributed by atoms with Crippen LogP contribution in [0, 0.1) is 23.5 Å². The van der Waals surface area contributed by atoms with Gasteiger partial charge in [0.2, 0.25) is 5.82 Å². The quantitative estimate of drug-likeness (QED) is 0.496. The number of piperazine rings is 1. The van der Waals surface area contributed by atoms with Gasteiger partial charge >= 0.3 is 0 Å². The molecule has 1 aromatic carbocycles. The van der Waals surface area contributed by atoms with Crippen LogP contribution in [-0.4, -0.2) is 68.8 Å². The molecule has 1 aliphatic carbocycles. The fourth-order valence-electron chi connectivity index (χ4n) is 7.39. The van der Waals surface area contributed by atoms with Crippen molar-refractivity contribution in [3.05, 3.63) is 41.4 Å². The van der Waals surface area contributed by atoms with E-state index in [2.05, 4.69) is 36.9 Å². The Morgan fingerprint density at radius 3 is 2.64 bits per heavy atom. The first-order valence-electron chi connectivity index (χ1n) is 14.2. The second kappa shape index (κ2) is 8.57. The van der Waals surface area contributed by atoms with Gasteiger partial charge in [-0.3, -0.25) is 9.88 Å². The van der Waals surface area contributed by atoms with Gasteiger partial charge in [-0.05, 0) is 75.9 Å². The molecule has 2 bridgehead atoms. The van der Waals surface area contributed by atoms with Gasteiger partial charge in [0.15, 0.2) is 5.82 Å². The first-order chi connectivity index (χ1) is 19.0. The third-order valence-electron chi connectivity index (χ3n) is 9.40. The Balaban J connectivity index is 1.30. The van der Waals surface area contributed by atoms with Crippen LogP contribution >= 0.6 is 0 Å². The van der Waals surface area contributed by atoms with Crippen molar-refractivity contribution in [1.82, 2.24) is 25.2 Å². The lowest BCUT2D eigenvalue weighted by Crippen LogP contribution is -2.44. The fraction of sp³-hybridized carbons (Fsp3) is 0.500. The van der Waals surface area contributed by atoms with Crippen LogP contribution in [-0.2, 0) is 0 Å². The fourth-order valence-corrected chi connectivity index (χ4v) is 7.39. The Kier molecular flexibility index (Phi) is 5.17. The molecule has 39 heavy (non-hydrogen) atoms. The Morgan fingerprint density at radius 1 is 1.10 bits per heavy atom. The summed E-state index contributed by atoms with van der Waals surface area (Å²) >= 11 is 0. The molecular weight excluding hydrogens is 498 g/mol. The van der Waals surface area contributed by atoms with E-state index in [1.54, 1.807) is 6.20 Å². The van der Waals surface area contributed by atoms with Crippen molar-refractivity contribution in [2.45, 2.75) is 68.5 Å². The standard InChI is InChI=1S/C30H30F2N6O/c31-23-13-20(39)12-21(25(23)17-3-4-17)27-26(32)28-22(15-34-27)29(38-16-18-11-19(38)14-33-18)36-24(35-28)5-8-30-6-1-9-37(30)10-2-7-30/h12-13,15,17-19,33,39H,1-4,6-7,9-11,14,16H2/t18-,19-/m0/s1. The number of hydrogen-bond acceptors (Lipinski definition) is 7. The summed E-state index contributed by atoms with van der Waals surface area (Å²) in [6, 6.07) is 3.16. The molecule has 7 nitrogen and oxygen atoms in total. The summed E-state index contributed by atoms with van der Waals surface area (Å²) in [6.07, 6.45) is 8.64. The van der Waals surface area contributed by atoms with Gasteiger partial charge in [0.1, 0.15) is 28.6 Å². The predicted octanol–water partition coefficient (Wildman–Crippen LogP) is 4.08. The van der Waals surface area contributed by atoms with Crippen LogP contribution in [0.25, 0.3) is 22.2 Å². The minimum Gasteiger partial charge on any atom is -0.508 e. The third kappa shape index (κ3) is 3.72. The molecule has 0 radical (unpaired) electrons. The second-order valence-corrected chi connectivity index (χ2v) is 11.8. The van der Waals surface area contributed by atoms with Gasteiger partial charge in [0.25, 0.3) is 0 Å². The Bertz CT molecular complexity index is 1570. The zero-order chi connectivity index (χ0) is 26.3. The van der Waals surface area contributed by atoms with Gasteiger partial charge in [0, 0.05) is 48.6 Å². The maximum Gasteiger partial charge on any atom is 0.207 e. The van der Waals surface area contributed by atoms with Crippen molar-refractivity contribution in [1.29, 1.82) is 0 Å². The minimum absolute atomic E-state index is 0.00345. The maximum atomic E-state index is 16.4. The number of hydrogen-bond donors (Lipinski definition) is 2. The molecule has 200 valence electrons. The predicted molar refractivity (Wildman–Crippen MR) is 144 cm³/mol. The SMILES string of the molecule is Oc1cc(F)c(C2CC2)c(-c2ncc3c(N4C[C@@H]5C[C@H]4CN5)nc(C#CC45CCCN4CCC5)nc3c2F)c1. The minimum atomic E-state index is -0.630. The van der Waals surface area contributed by atoms with Crippen LogP contribution < -0.4 is 10.2 Å². The van der Waals surface area contributed by atoms with Crippen molar-refractivity contribution in [2.24, 2.45) is 0 Å². The topological polar surface area (TPSA) is 77.4 Å². The summed E-state index contributed by atoms with van der Waals surface area (Å²) in [5, 5.41) is 14.2. The van der Waals surface area contributed by atoms with E-state index in [0.717, 1.165) is 77.2 Å². The number of rotatable bonds is 3. The third-order valence-corrected chi connectivity index (χ3v) is 9.40. The summed E-state index contributed by atoms with van der Waals surface area (Å²) < 4.78 is 31.4. The number of benzene rings is 1. The van der Waals surface area contributed by atoms with Crippen LogP contribution in [0.5, 0.6) is 5.75 Å². The first-order valence-corrected chi connectivity index (χ1v) is 14.2. The van der Waals surface area contributed by atoms with Crippen LogP contribution in [0.15, 0.2) is 18.3 Å². The van der Waals surface area contributed by atoms with E-state index >= 15 is 4.39 Å². The van der Waals surface area contributed by atoms with Crippen LogP contribution in [0.2, 0.25) is 0 Å². The summed E-state index contributed by atoms with van der Waals surface area (Å²) in [7, 11) is 0. The van der Waals surface area contributed by atoms with E-state index in [4.69, 9.17) is 4.98 Å². The number of nitrogens with zero attached hydrogens (tertiary/aromatic N) is 5. The summed E-state index contributed by atoms with van der Waals surface area (Å²) in [6.45, 7) is 3.77. The first kappa shape index (κ1) is 23.5. The molecule has 9 heteroatoms. The number of aromatic nitrogens is 3. The van der Waals surface area contributed by atoms with E-state index in [-0.39, 0.29) is 40.0 Å².